The van der Waals surface area contributed by atoms with Crippen LogP contribution in [0.1, 0.15) is 0 Å². The lowest BCUT2D eigenvalue weighted by atomic mass is 10.3. The fourth-order valence-electron chi connectivity index (χ4n) is 1.65. The van der Waals surface area contributed by atoms with E-state index in [0.29, 0.717) is 4.90 Å². The van der Waals surface area contributed by atoms with E-state index in [1.54, 1.807) is 0 Å². The summed E-state index contributed by atoms with van der Waals surface area (Å²) >= 11 is 0. The Morgan fingerprint density at radius 2 is 1.38 bits per heavy atom. The lowest BCUT2D eigenvalue weighted by Gasteiger charge is -2.19. The topological polar surface area (TPSA) is 75.4 Å². The maximum Gasteiger partial charge on any atom is 0.334 e. The van der Waals surface area contributed by atoms with E-state index in [0.717, 1.165) is 24.3 Å². The molecule has 0 atom stereocenters. The molecule has 0 aliphatic rings. The van der Waals surface area contributed by atoms with E-state index in [-0.39, 0.29) is 11.4 Å². The van der Waals surface area contributed by atoms with Gasteiger partial charge in [0.2, 0.25) is 0 Å². The molecule has 0 saturated heterocycles. The van der Waals surface area contributed by atoms with Crippen LogP contribution >= 0.6 is 0 Å². The second-order valence-corrected chi connectivity index (χ2v) is 4.09. The number of carbonyl (C=O) groups excluding carboxylic acids is 2. The fraction of sp³-hybridized carbons (Fsp3) is 0. The summed E-state index contributed by atoms with van der Waals surface area (Å²) in [6.07, 6.45) is 0. The van der Waals surface area contributed by atoms with Crippen molar-refractivity contribution >= 4 is 23.4 Å². The van der Waals surface area contributed by atoms with Crippen molar-refractivity contribution in [2.75, 3.05) is 10.2 Å². The average molecular weight is 291 g/mol. The summed E-state index contributed by atoms with van der Waals surface area (Å²) in [5.41, 5.74) is 5.56. The molecule has 108 valence electrons. The molecule has 2 rings (SSSR count). The highest BCUT2D eigenvalue weighted by Gasteiger charge is 2.21. The van der Waals surface area contributed by atoms with E-state index in [1.165, 1.54) is 24.3 Å². The Bertz CT molecular complexity index is 657. The minimum absolute atomic E-state index is 0.114. The Kier molecular flexibility index (Phi) is 4.13. The maximum absolute atomic E-state index is 12.9. The van der Waals surface area contributed by atoms with Crippen molar-refractivity contribution in [3.8, 4) is 0 Å². The minimum atomic E-state index is -1.03. The molecule has 0 bridgehead atoms. The number of amides is 4. The van der Waals surface area contributed by atoms with Gasteiger partial charge in [0.25, 0.3) is 0 Å². The largest absolute Gasteiger partial charge is 0.351 e. The molecule has 0 aliphatic heterocycles. The van der Waals surface area contributed by atoms with Crippen molar-refractivity contribution in [3.63, 3.8) is 0 Å². The monoisotopic (exact) mass is 291 g/mol. The molecule has 4 amide bonds. The molecule has 0 aromatic heterocycles. The summed E-state index contributed by atoms with van der Waals surface area (Å²) in [7, 11) is 0. The van der Waals surface area contributed by atoms with E-state index in [4.69, 9.17) is 5.73 Å². The molecular weight excluding hydrogens is 280 g/mol. The van der Waals surface area contributed by atoms with Gasteiger partial charge < -0.3 is 11.1 Å². The number of imide groups is 1. The molecule has 2 aromatic rings. The van der Waals surface area contributed by atoms with Crippen LogP contribution in [-0.4, -0.2) is 12.1 Å². The number of benzene rings is 2. The van der Waals surface area contributed by atoms with Crippen molar-refractivity contribution < 1.29 is 18.4 Å². The van der Waals surface area contributed by atoms with Crippen molar-refractivity contribution in [1.82, 2.24) is 0 Å². The molecule has 2 aromatic carbocycles. The van der Waals surface area contributed by atoms with E-state index in [2.05, 4.69) is 5.32 Å². The zero-order chi connectivity index (χ0) is 15.4. The third kappa shape index (κ3) is 3.53. The van der Waals surface area contributed by atoms with Crippen LogP contribution in [0.15, 0.2) is 48.5 Å². The Labute approximate surface area is 119 Å². The van der Waals surface area contributed by atoms with Crippen LogP contribution in [0.3, 0.4) is 0 Å². The van der Waals surface area contributed by atoms with Gasteiger partial charge in [-0.3, -0.25) is 0 Å². The second kappa shape index (κ2) is 6.00. The van der Waals surface area contributed by atoms with E-state index >= 15 is 0 Å². The van der Waals surface area contributed by atoms with Gasteiger partial charge in [-0.05, 0) is 48.5 Å². The summed E-state index contributed by atoms with van der Waals surface area (Å²) < 4.78 is 25.6. The first-order valence-corrected chi connectivity index (χ1v) is 5.89. The van der Waals surface area contributed by atoms with Crippen molar-refractivity contribution in [2.45, 2.75) is 0 Å². The van der Waals surface area contributed by atoms with E-state index < -0.39 is 23.7 Å². The summed E-state index contributed by atoms with van der Waals surface area (Å²) in [6.45, 7) is 0. The first-order chi connectivity index (χ1) is 9.97. The van der Waals surface area contributed by atoms with Crippen LogP contribution in [0.2, 0.25) is 0 Å². The lowest BCUT2D eigenvalue weighted by molar-refractivity contribution is 0.245. The molecule has 0 fully saturated rings. The van der Waals surface area contributed by atoms with E-state index in [9.17, 15) is 18.4 Å². The van der Waals surface area contributed by atoms with Crippen LogP contribution < -0.4 is 16.0 Å². The van der Waals surface area contributed by atoms with Gasteiger partial charge in [-0.15, -0.1) is 0 Å². The van der Waals surface area contributed by atoms with Gasteiger partial charge in [0, 0.05) is 5.69 Å². The molecule has 0 heterocycles. The summed E-state index contributed by atoms with van der Waals surface area (Å²) in [5, 5.41) is 2.39. The number of anilines is 2. The van der Waals surface area contributed by atoms with Crippen molar-refractivity contribution in [2.24, 2.45) is 5.73 Å². The van der Waals surface area contributed by atoms with Crippen LogP contribution in [0.5, 0.6) is 0 Å². The summed E-state index contributed by atoms with van der Waals surface area (Å²) in [4.78, 5) is 24.1. The molecule has 0 aliphatic carbocycles. The highest BCUT2D eigenvalue weighted by Crippen LogP contribution is 2.17. The summed E-state index contributed by atoms with van der Waals surface area (Å²) in [6, 6.07) is 7.78. The first kappa shape index (κ1) is 14.4. The number of nitrogens with two attached hydrogens (primary N) is 1. The third-order valence-electron chi connectivity index (χ3n) is 2.60. The van der Waals surface area contributed by atoms with Crippen LogP contribution in [0.25, 0.3) is 0 Å². The maximum atomic E-state index is 12.9. The number of carbonyl (C=O) groups is 2. The molecule has 0 radical (unpaired) electrons. The van der Waals surface area contributed by atoms with Gasteiger partial charge >= 0.3 is 12.1 Å². The Hall–Kier alpha value is -2.96. The number of hydrogen-bond acceptors (Lipinski definition) is 2. The second-order valence-electron chi connectivity index (χ2n) is 4.09. The number of urea groups is 2. The average Bonchev–Trinajstić information content (AvgIpc) is 2.43. The normalized spacial score (nSPS) is 10.0. The number of primary amides is 1. The standard InChI is InChI=1S/C14H11F2N3O2/c15-9-1-5-11(6-2-9)18-14(21)19(13(17)20)12-7-3-10(16)4-8-12/h1-8H,(H2,17,20)(H,18,21). The molecule has 0 unspecified atom stereocenters. The lowest BCUT2D eigenvalue weighted by Crippen LogP contribution is -2.43. The predicted molar refractivity (Wildman–Crippen MR) is 73.9 cm³/mol. The molecule has 3 N–H and O–H groups in total. The highest BCUT2D eigenvalue weighted by atomic mass is 19.1. The fourth-order valence-corrected chi connectivity index (χ4v) is 1.65. The van der Waals surface area contributed by atoms with E-state index in [1.807, 2.05) is 0 Å². The molecule has 7 heteroatoms. The minimum Gasteiger partial charge on any atom is -0.351 e. The smallest absolute Gasteiger partial charge is 0.334 e. The molecule has 5 nitrogen and oxygen atoms in total. The molecule has 21 heavy (non-hydrogen) atoms. The number of hydrogen-bond donors (Lipinski definition) is 2. The quantitative estimate of drug-likeness (QED) is 0.892. The zero-order valence-electron chi connectivity index (χ0n) is 10.7. The Morgan fingerprint density at radius 3 is 1.86 bits per heavy atom. The van der Waals surface area contributed by atoms with Crippen LogP contribution in [0.4, 0.5) is 29.7 Å². The van der Waals surface area contributed by atoms with Gasteiger partial charge in [0.1, 0.15) is 11.6 Å². The Balaban J connectivity index is 2.22. The van der Waals surface area contributed by atoms with Gasteiger partial charge in [-0.25, -0.2) is 23.3 Å². The van der Waals surface area contributed by atoms with Crippen LogP contribution in [0, 0.1) is 11.6 Å². The molecule has 0 saturated carbocycles. The zero-order valence-corrected chi connectivity index (χ0v) is 10.7. The predicted octanol–water partition coefficient (Wildman–Crippen LogP) is 3.08. The third-order valence-corrected chi connectivity index (χ3v) is 2.60. The molecular formula is C14H11F2N3O2. The van der Waals surface area contributed by atoms with Crippen molar-refractivity contribution in [3.05, 3.63) is 60.2 Å². The SMILES string of the molecule is NC(=O)N(C(=O)Nc1ccc(F)cc1)c1ccc(F)cc1. The number of halogens is 2. The van der Waals surface area contributed by atoms with Gasteiger partial charge in [-0.1, -0.05) is 0 Å². The number of nitrogens with one attached hydrogen (secondary N) is 1. The van der Waals surface area contributed by atoms with Crippen LogP contribution in [-0.2, 0) is 0 Å². The number of rotatable bonds is 2. The summed E-state index contributed by atoms with van der Waals surface area (Å²) in [5.74, 6) is -0.972. The van der Waals surface area contributed by atoms with Gasteiger partial charge in [-0.2, -0.15) is 0 Å². The Morgan fingerprint density at radius 1 is 0.905 bits per heavy atom. The highest BCUT2D eigenvalue weighted by molar-refractivity contribution is 6.17. The number of nitrogens with zero attached hydrogens (tertiary/aromatic N) is 1. The van der Waals surface area contributed by atoms with Gasteiger partial charge in [0.15, 0.2) is 0 Å². The first-order valence-electron chi connectivity index (χ1n) is 5.89. The van der Waals surface area contributed by atoms with Gasteiger partial charge in [0.05, 0.1) is 5.69 Å². The molecule has 0 spiro atoms. The van der Waals surface area contributed by atoms with Crippen molar-refractivity contribution in [1.29, 1.82) is 0 Å².